The lowest BCUT2D eigenvalue weighted by atomic mass is 10.1. The van der Waals surface area contributed by atoms with Crippen molar-refractivity contribution in [1.29, 1.82) is 0 Å². The predicted octanol–water partition coefficient (Wildman–Crippen LogP) is 3.21. The van der Waals surface area contributed by atoms with Crippen LogP contribution in [0.1, 0.15) is 24.2 Å². The maximum Gasteiger partial charge on any atom is 0.282 e. The van der Waals surface area contributed by atoms with Crippen molar-refractivity contribution >= 4 is 35.0 Å². The van der Waals surface area contributed by atoms with Gasteiger partial charge in [-0.25, -0.2) is 0 Å². The third-order valence-corrected chi connectivity index (χ3v) is 5.10. The minimum Gasteiger partial charge on any atom is -0.334 e. The Bertz CT molecular complexity index is 552. The summed E-state index contributed by atoms with van der Waals surface area (Å²) in [6.07, 6.45) is 0. The molecule has 1 aliphatic heterocycles. The molecule has 1 fully saturated rings. The van der Waals surface area contributed by atoms with Crippen LogP contribution in [-0.4, -0.2) is 39.3 Å². The second kappa shape index (κ2) is 6.01. The summed E-state index contributed by atoms with van der Waals surface area (Å²) in [6.45, 7) is 4.62. The van der Waals surface area contributed by atoms with Crippen molar-refractivity contribution < 1.29 is 9.72 Å². The van der Waals surface area contributed by atoms with Crippen molar-refractivity contribution in [2.45, 2.75) is 25.1 Å². The second-order valence-electron chi connectivity index (χ2n) is 4.73. The first kappa shape index (κ1) is 15.1. The number of hydrogen-bond donors (Lipinski definition) is 0. The zero-order valence-electron chi connectivity index (χ0n) is 11.2. The maximum absolute atomic E-state index is 12.6. The van der Waals surface area contributed by atoms with Crippen molar-refractivity contribution in [1.82, 2.24) is 4.90 Å². The molecule has 108 valence electrons. The highest BCUT2D eigenvalue weighted by Crippen LogP contribution is 2.29. The van der Waals surface area contributed by atoms with Crippen LogP contribution in [0.25, 0.3) is 0 Å². The molecule has 2 unspecified atom stereocenters. The number of carbonyl (C=O) groups excluding carboxylic acids is 1. The molecule has 0 aliphatic carbocycles. The summed E-state index contributed by atoms with van der Waals surface area (Å²) in [7, 11) is 0. The van der Waals surface area contributed by atoms with Crippen LogP contribution in [0.2, 0.25) is 5.02 Å². The van der Waals surface area contributed by atoms with E-state index >= 15 is 0 Å². The Hall–Kier alpha value is -1.27. The summed E-state index contributed by atoms with van der Waals surface area (Å²) in [4.78, 5) is 24.8. The Morgan fingerprint density at radius 3 is 2.85 bits per heavy atom. The Balaban J connectivity index is 2.37. The van der Waals surface area contributed by atoms with Crippen LogP contribution in [0.3, 0.4) is 0 Å². The number of amides is 1. The average molecular weight is 315 g/mol. The number of halogens is 1. The number of rotatable bonds is 2. The third-order valence-electron chi connectivity index (χ3n) is 3.53. The molecule has 2 atom stereocenters. The highest BCUT2D eigenvalue weighted by molar-refractivity contribution is 8.00. The number of nitrogens with zero attached hydrogens (tertiary/aromatic N) is 2. The molecule has 2 rings (SSSR count). The first-order valence-corrected chi connectivity index (χ1v) is 7.71. The van der Waals surface area contributed by atoms with Crippen molar-refractivity contribution in [2.75, 3.05) is 12.3 Å². The van der Waals surface area contributed by atoms with E-state index in [4.69, 9.17) is 11.6 Å². The third kappa shape index (κ3) is 2.91. The Kier molecular flexibility index (Phi) is 4.55. The molecule has 1 amide bonds. The molecule has 1 aliphatic rings. The van der Waals surface area contributed by atoms with Crippen LogP contribution in [0.15, 0.2) is 18.2 Å². The highest BCUT2D eigenvalue weighted by atomic mass is 35.5. The highest BCUT2D eigenvalue weighted by Gasteiger charge is 2.32. The van der Waals surface area contributed by atoms with Gasteiger partial charge in [0.1, 0.15) is 5.56 Å². The fourth-order valence-electron chi connectivity index (χ4n) is 2.21. The molecule has 0 radical (unpaired) electrons. The normalized spacial score (nSPS) is 22.6. The number of hydrogen-bond acceptors (Lipinski definition) is 4. The Morgan fingerprint density at radius 2 is 2.20 bits per heavy atom. The molecule has 0 N–H and O–H groups in total. The van der Waals surface area contributed by atoms with Gasteiger partial charge >= 0.3 is 0 Å². The van der Waals surface area contributed by atoms with Crippen LogP contribution >= 0.6 is 23.4 Å². The molecule has 1 aromatic rings. The van der Waals surface area contributed by atoms with E-state index in [0.717, 1.165) is 5.75 Å². The van der Waals surface area contributed by atoms with Crippen LogP contribution in [0, 0.1) is 10.1 Å². The standard InChI is InChI=1S/C13H15ClN2O3S/c1-8-9(2)20-6-5-15(8)13(17)11-7-10(14)3-4-12(11)16(18)19/h3-4,7-9H,5-6H2,1-2H3. The number of benzene rings is 1. The van der Waals surface area contributed by atoms with E-state index in [1.54, 1.807) is 16.7 Å². The monoisotopic (exact) mass is 314 g/mol. The quantitative estimate of drug-likeness (QED) is 0.621. The molecule has 0 saturated carbocycles. The molecular formula is C13H15ClN2O3S. The molecule has 5 nitrogen and oxygen atoms in total. The number of nitro groups is 1. The summed E-state index contributed by atoms with van der Waals surface area (Å²) < 4.78 is 0. The summed E-state index contributed by atoms with van der Waals surface area (Å²) in [5.41, 5.74) is -0.133. The van der Waals surface area contributed by atoms with Crippen LogP contribution in [-0.2, 0) is 0 Å². The van der Waals surface area contributed by atoms with Gasteiger partial charge in [0.05, 0.1) is 4.92 Å². The van der Waals surface area contributed by atoms with Crippen LogP contribution < -0.4 is 0 Å². The average Bonchev–Trinajstić information content (AvgIpc) is 2.40. The van der Waals surface area contributed by atoms with E-state index in [0.29, 0.717) is 16.8 Å². The number of thioether (sulfide) groups is 1. The molecule has 1 aromatic carbocycles. The molecule has 1 heterocycles. The van der Waals surface area contributed by atoms with Crippen molar-refractivity contribution in [2.24, 2.45) is 0 Å². The van der Waals surface area contributed by atoms with E-state index in [2.05, 4.69) is 6.92 Å². The van der Waals surface area contributed by atoms with Gasteiger partial charge in [-0.3, -0.25) is 14.9 Å². The lowest BCUT2D eigenvalue weighted by Crippen LogP contribution is -2.48. The fourth-order valence-corrected chi connectivity index (χ4v) is 3.48. The molecule has 7 heteroatoms. The second-order valence-corrected chi connectivity index (χ2v) is 6.66. The number of nitro benzene ring substituents is 1. The zero-order chi connectivity index (χ0) is 14.9. The van der Waals surface area contributed by atoms with Gasteiger partial charge in [-0.2, -0.15) is 11.8 Å². The lowest BCUT2D eigenvalue weighted by molar-refractivity contribution is -0.385. The van der Waals surface area contributed by atoms with E-state index in [9.17, 15) is 14.9 Å². The molecule has 20 heavy (non-hydrogen) atoms. The zero-order valence-corrected chi connectivity index (χ0v) is 12.8. The molecule has 0 spiro atoms. The molecule has 0 aromatic heterocycles. The molecule has 0 bridgehead atoms. The predicted molar refractivity (Wildman–Crippen MR) is 80.5 cm³/mol. The van der Waals surface area contributed by atoms with E-state index < -0.39 is 4.92 Å². The SMILES string of the molecule is CC1SCCN(C(=O)c2cc(Cl)ccc2[N+](=O)[O-])C1C. The van der Waals surface area contributed by atoms with E-state index in [1.807, 2.05) is 6.92 Å². The number of carbonyl (C=O) groups is 1. The van der Waals surface area contributed by atoms with Gasteiger partial charge in [-0.05, 0) is 19.1 Å². The summed E-state index contributed by atoms with van der Waals surface area (Å²) in [6, 6.07) is 4.12. The maximum atomic E-state index is 12.6. The first-order valence-electron chi connectivity index (χ1n) is 6.28. The van der Waals surface area contributed by atoms with Gasteiger partial charge in [-0.15, -0.1) is 0 Å². The Morgan fingerprint density at radius 1 is 1.50 bits per heavy atom. The molecular weight excluding hydrogens is 300 g/mol. The van der Waals surface area contributed by atoms with Crippen LogP contribution in [0.5, 0.6) is 0 Å². The fraction of sp³-hybridized carbons (Fsp3) is 0.462. The summed E-state index contributed by atoms with van der Waals surface area (Å²) in [5.74, 6) is 0.518. The van der Waals surface area contributed by atoms with Crippen molar-refractivity contribution in [3.05, 3.63) is 38.9 Å². The lowest BCUT2D eigenvalue weighted by Gasteiger charge is -2.37. The minimum absolute atomic E-state index is 0.0415. The van der Waals surface area contributed by atoms with Gasteiger partial charge in [0, 0.05) is 34.7 Å². The Labute approximate surface area is 126 Å². The van der Waals surface area contributed by atoms with Gasteiger partial charge in [-0.1, -0.05) is 18.5 Å². The summed E-state index contributed by atoms with van der Waals surface area (Å²) >= 11 is 7.67. The molecule has 1 saturated heterocycles. The van der Waals surface area contributed by atoms with Gasteiger partial charge in [0.15, 0.2) is 0 Å². The smallest absolute Gasteiger partial charge is 0.282 e. The van der Waals surface area contributed by atoms with Crippen molar-refractivity contribution in [3.63, 3.8) is 0 Å². The first-order chi connectivity index (χ1) is 9.41. The van der Waals surface area contributed by atoms with Crippen LogP contribution in [0.4, 0.5) is 5.69 Å². The topological polar surface area (TPSA) is 63.5 Å². The van der Waals surface area contributed by atoms with Crippen molar-refractivity contribution in [3.8, 4) is 0 Å². The van der Waals surface area contributed by atoms with Gasteiger partial charge in [0.25, 0.3) is 11.6 Å². The summed E-state index contributed by atoms with van der Waals surface area (Å²) in [5, 5.41) is 11.7. The van der Waals surface area contributed by atoms with E-state index in [-0.39, 0.29) is 23.2 Å². The largest absolute Gasteiger partial charge is 0.334 e. The van der Waals surface area contributed by atoms with Gasteiger partial charge in [0.2, 0.25) is 0 Å². The van der Waals surface area contributed by atoms with E-state index in [1.165, 1.54) is 18.2 Å². The minimum atomic E-state index is -0.545. The van der Waals surface area contributed by atoms with Gasteiger partial charge < -0.3 is 4.90 Å².